The van der Waals surface area contributed by atoms with Gasteiger partial charge in [-0.1, -0.05) is 5.57 Å². The first-order valence-corrected chi connectivity index (χ1v) is 8.65. The van der Waals surface area contributed by atoms with Gasteiger partial charge >= 0.3 is 17.9 Å². The number of carbonyl (C=O) groups is 3. The lowest BCUT2D eigenvalue weighted by atomic mass is 9.87. The van der Waals surface area contributed by atoms with Crippen molar-refractivity contribution in [2.24, 2.45) is 5.92 Å². The van der Waals surface area contributed by atoms with Gasteiger partial charge in [0, 0.05) is 0 Å². The lowest BCUT2D eigenvalue weighted by Gasteiger charge is -2.27. The van der Waals surface area contributed by atoms with Crippen LogP contribution >= 0.6 is 0 Å². The van der Waals surface area contributed by atoms with Gasteiger partial charge in [-0.3, -0.25) is 4.79 Å². The Bertz CT molecular complexity index is 791. The molecule has 1 aromatic carbocycles. The minimum absolute atomic E-state index is 0.0151. The second-order valence-corrected chi connectivity index (χ2v) is 6.62. The average molecular weight is 371 g/mol. The molecule has 27 heavy (non-hydrogen) atoms. The molecule has 0 bridgehead atoms. The monoisotopic (exact) mass is 371 g/mol. The molecule has 1 saturated carbocycles. The number of nitriles is 1. The standard InChI is InChI=1S/C20H21NO6/c1-12(2)17(11-21)20(25)27-16-9-5-14(6-10-16)19(24)26-15-7-3-13(4-8-15)18(22)23/h3-4,7-8,14,16H,5-6,9-10H2,1-2H3,(H,22,23). The Balaban J connectivity index is 1.85. The maximum absolute atomic E-state index is 12.3. The van der Waals surface area contributed by atoms with Crippen molar-refractivity contribution in [3.8, 4) is 11.8 Å². The summed E-state index contributed by atoms with van der Waals surface area (Å²) in [5, 5.41) is 17.9. The van der Waals surface area contributed by atoms with Crippen molar-refractivity contribution in [2.45, 2.75) is 45.6 Å². The third-order valence-electron chi connectivity index (χ3n) is 4.42. The van der Waals surface area contributed by atoms with Crippen molar-refractivity contribution in [3.05, 3.63) is 41.0 Å². The first-order chi connectivity index (χ1) is 12.8. The molecule has 1 fully saturated rings. The molecular weight excluding hydrogens is 350 g/mol. The van der Waals surface area contributed by atoms with Crippen molar-refractivity contribution in [2.75, 3.05) is 0 Å². The molecular formula is C20H21NO6. The Hall–Kier alpha value is -3.14. The van der Waals surface area contributed by atoms with Crippen molar-refractivity contribution in [1.82, 2.24) is 0 Å². The number of carboxylic acid groups (broad SMARTS) is 1. The van der Waals surface area contributed by atoms with E-state index in [1.165, 1.54) is 24.3 Å². The van der Waals surface area contributed by atoms with Crippen LogP contribution in [0.3, 0.4) is 0 Å². The van der Waals surface area contributed by atoms with Crippen LogP contribution in [0.25, 0.3) is 0 Å². The normalized spacial score (nSPS) is 18.7. The Morgan fingerprint density at radius 3 is 2.15 bits per heavy atom. The number of hydrogen-bond acceptors (Lipinski definition) is 6. The van der Waals surface area contributed by atoms with E-state index in [1.54, 1.807) is 13.8 Å². The van der Waals surface area contributed by atoms with Gasteiger partial charge in [-0.15, -0.1) is 0 Å². The van der Waals surface area contributed by atoms with Gasteiger partial charge in [0.2, 0.25) is 0 Å². The topological polar surface area (TPSA) is 114 Å². The number of esters is 2. The fraction of sp³-hybridized carbons (Fsp3) is 0.400. The van der Waals surface area contributed by atoms with Gasteiger partial charge in [0.1, 0.15) is 23.5 Å². The first kappa shape index (κ1) is 20.2. The third-order valence-corrected chi connectivity index (χ3v) is 4.42. The molecule has 0 heterocycles. The molecule has 1 aliphatic carbocycles. The van der Waals surface area contributed by atoms with Crippen LogP contribution in [0, 0.1) is 17.2 Å². The summed E-state index contributed by atoms with van der Waals surface area (Å²) in [7, 11) is 0. The quantitative estimate of drug-likeness (QED) is 0.366. The SMILES string of the molecule is CC(C)=C(C#N)C(=O)OC1CCC(C(=O)Oc2ccc(C(=O)O)cc2)CC1. The minimum Gasteiger partial charge on any atom is -0.478 e. The largest absolute Gasteiger partial charge is 0.478 e. The summed E-state index contributed by atoms with van der Waals surface area (Å²) in [6, 6.07) is 7.48. The van der Waals surface area contributed by atoms with Gasteiger partial charge in [0.15, 0.2) is 0 Å². The molecule has 1 aromatic rings. The number of carboxylic acids is 1. The summed E-state index contributed by atoms with van der Waals surface area (Å²) in [5.74, 6) is -2.07. The lowest BCUT2D eigenvalue weighted by molar-refractivity contribution is -0.147. The number of benzene rings is 1. The van der Waals surface area contributed by atoms with Crippen LogP contribution in [0.4, 0.5) is 0 Å². The highest BCUT2D eigenvalue weighted by Crippen LogP contribution is 2.28. The molecule has 142 valence electrons. The molecule has 0 atom stereocenters. The van der Waals surface area contributed by atoms with E-state index in [1.807, 2.05) is 6.07 Å². The number of allylic oxidation sites excluding steroid dienone is 1. The van der Waals surface area contributed by atoms with E-state index in [0.29, 0.717) is 37.0 Å². The van der Waals surface area contributed by atoms with E-state index in [2.05, 4.69) is 0 Å². The zero-order chi connectivity index (χ0) is 20.0. The summed E-state index contributed by atoms with van der Waals surface area (Å²) in [5.41, 5.74) is 0.736. The number of rotatable bonds is 5. The Morgan fingerprint density at radius 2 is 1.67 bits per heavy atom. The summed E-state index contributed by atoms with van der Waals surface area (Å²) in [4.78, 5) is 35.1. The van der Waals surface area contributed by atoms with Crippen LogP contribution < -0.4 is 4.74 Å². The zero-order valence-corrected chi connectivity index (χ0v) is 15.2. The van der Waals surface area contributed by atoms with Crippen LogP contribution in [0.2, 0.25) is 0 Å². The molecule has 7 nitrogen and oxygen atoms in total. The number of carbonyl (C=O) groups excluding carboxylic acids is 2. The number of hydrogen-bond donors (Lipinski definition) is 1. The van der Waals surface area contributed by atoms with Crippen LogP contribution in [-0.2, 0) is 14.3 Å². The Morgan fingerprint density at radius 1 is 1.07 bits per heavy atom. The molecule has 0 radical (unpaired) electrons. The highest BCUT2D eigenvalue weighted by atomic mass is 16.5. The van der Waals surface area contributed by atoms with E-state index < -0.39 is 11.9 Å². The second kappa shape index (κ2) is 8.99. The average Bonchev–Trinajstić information content (AvgIpc) is 2.63. The maximum Gasteiger partial charge on any atom is 0.349 e. The molecule has 0 saturated heterocycles. The van der Waals surface area contributed by atoms with Gasteiger partial charge < -0.3 is 14.6 Å². The van der Waals surface area contributed by atoms with Gasteiger partial charge in [-0.25, -0.2) is 9.59 Å². The Labute approximate surface area is 157 Å². The molecule has 7 heteroatoms. The summed E-state index contributed by atoms with van der Waals surface area (Å²) < 4.78 is 10.7. The fourth-order valence-corrected chi connectivity index (χ4v) is 2.85. The van der Waals surface area contributed by atoms with Crippen LogP contribution in [-0.4, -0.2) is 29.1 Å². The number of aromatic carboxylic acids is 1. The number of nitrogens with zero attached hydrogens (tertiary/aromatic N) is 1. The van der Waals surface area contributed by atoms with E-state index in [9.17, 15) is 14.4 Å². The van der Waals surface area contributed by atoms with Gasteiger partial charge in [0.25, 0.3) is 0 Å². The third kappa shape index (κ3) is 5.42. The summed E-state index contributed by atoms with van der Waals surface area (Å²) in [6.07, 6.45) is 1.75. The highest BCUT2D eigenvalue weighted by Gasteiger charge is 2.30. The lowest BCUT2D eigenvalue weighted by Crippen LogP contribution is -2.30. The first-order valence-electron chi connectivity index (χ1n) is 8.65. The van der Waals surface area contributed by atoms with Gasteiger partial charge in [-0.05, 0) is 63.8 Å². The molecule has 1 N–H and O–H groups in total. The molecule has 1 aliphatic rings. The van der Waals surface area contributed by atoms with Gasteiger partial charge in [0.05, 0.1) is 11.5 Å². The maximum atomic E-state index is 12.3. The van der Waals surface area contributed by atoms with Crippen LogP contribution in [0.1, 0.15) is 49.9 Å². The molecule has 0 spiro atoms. The zero-order valence-electron chi connectivity index (χ0n) is 15.2. The Kier molecular flexibility index (Phi) is 6.72. The molecule has 0 unspecified atom stereocenters. The second-order valence-electron chi connectivity index (χ2n) is 6.62. The van der Waals surface area contributed by atoms with E-state index in [4.69, 9.17) is 19.8 Å². The van der Waals surface area contributed by atoms with Crippen molar-refractivity contribution in [1.29, 1.82) is 5.26 Å². The van der Waals surface area contributed by atoms with Crippen molar-refractivity contribution in [3.63, 3.8) is 0 Å². The van der Waals surface area contributed by atoms with E-state index >= 15 is 0 Å². The van der Waals surface area contributed by atoms with Gasteiger partial charge in [-0.2, -0.15) is 5.26 Å². The smallest absolute Gasteiger partial charge is 0.349 e. The predicted octanol–water partition coefficient (Wildman–Crippen LogP) is 3.25. The summed E-state index contributed by atoms with van der Waals surface area (Å²) >= 11 is 0. The molecule has 0 aliphatic heterocycles. The van der Waals surface area contributed by atoms with Crippen molar-refractivity contribution >= 4 is 17.9 Å². The van der Waals surface area contributed by atoms with E-state index in [-0.39, 0.29) is 29.1 Å². The summed E-state index contributed by atoms with van der Waals surface area (Å²) in [6.45, 7) is 3.35. The minimum atomic E-state index is -1.05. The van der Waals surface area contributed by atoms with Crippen molar-refractivity contribution < 1.29 is 29.0 Å². The fourth-order valence-electron chi connectivity index (χ4n) is 2.85. The van der Waals surface area contributed by atoms with Crippen LogP contribution in [0.5, 0.6) is 5.75 Å². The number of ether oxygens (including phenoxy) is 2. The highest BCUT2D eigenvalue weighted by molar-refractivity contribution is 5.93. The molecule has 0 aromatic heterocycles. The molecule has 0 amide bonds. The molecule has 2 rings (SSSR count). The van der Waals surface area contributed by atoms with E-state index in [0.717, 1.165) is 0 Å². The predicted molar refractivity (Wildman–Crippen MR) is 94.9 cm³/mol. The van der Waals surface area contributed by atoms with Crippen LogP contribution in [0.15, 0.2) is 35.4 Å².